The molecular weight excluding hydrogens is 310 g/mol. The lowest BCUT2D eigenvalue weighted by atomic mass is 9.76. The quantitative estimate of drug-likeness (QED) is 0.860. The van der Waals surface area contributed by atoms with Crippen molar-refractivity contribution in [3.05, 3.63) is 76.3 Å². The predicted octanol–water partition coefficient (Wildman–Crippen LogP) is 3.53. The number of carboxylic acids is 1. The summed E-state index contributed by atoms with van der Waals surface area (Å²) in [6, 6.07) is 13.2. The van der Waals surface area contributed by atoms with Crippen LogP contribution in [0.5, 0.6) is 0 Å². The Hall–Kier alpha value is -2.26. The van der Waals surface area contributed by atoms with Gasteiger partial charge in [0.1, 0.15) is 0 Å². The maximum atomic E-state index is 11.1. The predicted molar refractivity (Wildman–Crippen MR) is 88.6 cm³/mol. The van der Waals surface area contributed by atoms with Crippen LogP contribution < -0.4 is 10.4 Å². The first-order valence-electron chi connectivity index (χ1n) is 7.67. The maximum absolute atomic E-state index is 11.1. The summed E-state index contributed by atoms with van der Waals surface area (Å²) in [6.07, 6.45) is 5.32. The summed E-state index contributed by atoms with van der Waals surface area (Å²) in [6.45, 7) is 0. The highest BCUT2D eigenvalue weighted by Crippen LogP contribution is 2.50. The smallest absolute Gasteiger partial charge is 0.0715 e. The molecule has 0 saturated heterocycles. The van der Waals surface area contributed by atoms with Crippen LogP contribution in [0.4, 0.5) is 5.69 Å². The van der Waals surface area contributed by atoms with Gasteiger partial charge in [0.2, 0.25) is 0 Å². The second-order valence-electron chi connectivity index (χ2n) is 6.12. The third kappa shape index (κ3) is 2.41. The molecular formula is C19H15ClNO2-. The van der Waals surface area contributed by atoms with Gasteiger partial charge in [0.25, 0.3) is 0 Å². The van der Waals surface area contributed by atoms with Gasteiger partial charge in [-0.1, -0.05) is 42.0 Å². The minimum absolute atomic E-state index is 0.162. The number of fused-ring (bicyclic) bond motifs is 3. The van der Waals surface area contributed by atoms with E-state index >= 15 is 0 Å². The molecule has 116 valence electrons. The molecule has 0 fully saturated rings. The number of allylic oxidation sites excluding steroid dienone is 2. The molecule has 0 saturated carbocycles. The first-order valence-corrected chi connectivity index (χ1v) is 8.05. The molecule has 3 nitrogen and oxygen atoms in total. The SMILES string of the molecule is O=C([O-])c1ccc2c(c1)C1C=CCC1C(c1cccc(Cl)c1)N2. The Morgan fingerprint density at radius 2 is 2.09 bits per heavy atom. The summed E-state index contributed by atoms with van der Waals surface area (Å²) in [5.41, 5.74) is 3.40. The first-order chi connectivity index (χ1) is 11.1. The Balaban J connectivity index is 1.79. The van der Waals surface area contributed by atoms with Crippen molar-refractivity contribution in [3.8, 4) is 0 Å². The van der Waals surface area contributed by atoms with Crippen molar-refractivity contribution in [2.24, 2.45) is 5.92 Å². The van der Waals surface area contributed by atoms with E-state index in [1.165, 1.54) is 0 Å². The van der Waals surface area contributed by atoms with E-state index in [0.29, 0.717) is 5.92 Å². The number of aromatic carboxylic acids is 1. The lowest BCUT2D eigenvalue weighted by molar-refractivity contribution is -0.255. The van der Waals surface area contributed by atoms with E-state index in [4.69, 9.17) is 11.6 Å². The molecule has 1 aliphatic carbocycles. The van der Waals surface area contributed by atoms with Gasteiger partial charge in [-0.15, -0.1) is 0 Å². The third-order valence-electron chi connectivity index (χ3n) is 4.81. The number of carbonyl (C=O) groups excluding carboxylic acids is 1. The number of rotatable bonds is 2. The van der Waals surface area contributed by atoms with Crippen LogP contribution >= 0.6 is 11.6 Å². The Kier molecular flexibility index (Phi) is 3.38. The number of carboxylic acid groups (broad SMARTS) is 1. The van der Waals surface area contributed by atoms with Gasteiger partial charge in [-0.05, 0) is 53.3 Å². The molecule has 0 bridgehead atoms. The maximum Gasteiger partial charge on any atom is 0.0715 e. The van der Waals surface area contributed by atoms with Crippen LogP contribution in [-0.4, -0.2) is 5.97 Å². The average Bonchev–Trinajstić information content (AvgIpc) is 3.03. The number of nitrogens with one attached hydrogen (secondary N) is 1. The Bertz CT molecular complexity index is 815. The van der Waals surface area contributed by atoms with Gasteiger partial charge in [-0.3, -0.25) is 0 Å². The van der Waals surface area contributed by atoms with E-state index in [-0.39, 0.29) is 17.5 Å². The summed E-state index contributed by atoms with van der Waals surface area (Å²) in [4.78, 5) is 11.1. The second-order valence-corrected chi connectivity index (χ2v) is 6.56. The molecule has 3 unspecified atom stereocenters. The van der Waals surface area contributed by atoms with Crippen molar-refractivity contribution in [2.75, 3.05) is 5.32 Å². The molecule has 23 heavy (non-hydrogen) atoms. The number of carbonyl (C=O) groups is 1. The van der Waals surface area contributed by atoms with E-state index in [9.17, 15) is 9.90 Å². The van der Waals surface area contributed by atoms with Crippen molar-refractivity contribution in [1.82, 2.24) is 0 Å². The van der Waals surface area contributed by atoms with E-state index < -0.39 is 5.97 Å². The van der Waals surface area contributed by atoms with Crippen molar-refractivity contribution in [3.63, 3.8) is 0 Å². The van der Waals surface area contributed by atoms with Crippen LogP contribution in [0.25, 0.3) is 0 Å². The number of hydrogen-bond donors (Lipinski definition) is 1. The van der Waals surface area contributed by atoms with Crippen LogP contribution in [0.15, 0.2) is 54.6 Å². The van der Waals surface area contributed by atoms with Gasteiger partial charge in [-0.25, -0.2) is 0 Å². The van der Waals surface area contributed by atoms with E-state index in [0.717, 1.165) is 28.3 Å². The van der Waals surface area contributed by atoms with E-state index in [1.54, 1.807) is 12.1 Å². The fraction of sp³-hybridized carbons (Fsp3) is 0.211. The zero-order chi connectivity index (χ0) is 16.0. The van der Waals surface area contributed by atoms with Gasteiger partial charge < -0.3 is 15.2 Å². The topological polar surface area (TPSA) is 52.2 Å². The molecule has 3 atom stereocenters. The third-order valence-corrected chi connectivity index (χ3v) is 5.04. The Morgan fingerprint density at radius 3 is 2.87 bits per heavy atom. The lowest BCUT2D eigenvalue weighted by Crippen LogP contribution is -2.30. The molecule has 4 rings (SSSR count). The first kappa shape index (κ1) is 14.3. The van der Waals surface area contributed by atoms with Crippen molar-refractivity contribution in [2.45, 2.75) is 18.4 Å². The molecule has 1 N–H and O–H groups in total. The molecule has 0 spiro atoms. The highest BCUT2D eigenvalue weighted by atomic mass is 35.5. The van der Waals surface area contributed by atoms with Gasteiger partial charge in [0.05, 0.1) is 12.0 Å². The van der Waals surface area contributed by atoms with Crippen LogP contribution in [-0.2, 0) is 0 Å². The van der Waals surface area contributed by atoms with Crippen molar-refractivity contribution in [1.29, 1.82) is 0 Å². The molecule has 1 aliphatic heterocycles. The lowest BCUT2D eigenvalue weighted by Gasteiger charge is -2.38. The normalized spacial score (nSPS) is 24.7. The van der Waals surface area contributed by atoms with Crippen LogP contribution in [0.3, 0.4) is 0 Å². The monoisotopic (exact) mass is 324 g/mol. The Morgan fingerprint density at radius 1 is 1.22 bits per heavy atom. The fourth-order valence-corrected chi connectivity index (χ4v) is 3.95. The molecule has 4 heteroatoms. The number of anilines is 1. The zero-order valence-electron chi connectivity index (χ0n) is 12.3. The average molecular weight is 325 g/mol. The van der Waals surface area contributed by atoms with Crippen molar-refractivity contribution < 1.29 is 9.90 Å². The zero-order valence-corrected chi connectivity index (χ0v) is 13.1. The van der Waals surface area contributed by atoms with Crippen LogP contribution in [0.1, 0.15) is 39.9 Å². The van der Waals surface area contributed by atoms with E-state index in [1.807, 2.05) is 24.3 Å². The van der Waals surface area contributed by atoms with Crippen molar-refractivity contribution >= 4 is 23.3 Å². The molecule has 2 aromatic rings. The van der Waals surface area contributed by atoms with Crippen LogP contribution in [0.2, 0.25) is 5.02 Å². The molecule has 2 aliphatic rings. The molecule has 1 heterocycles. The second kappa shape index (κ2) is 5.43. The fourth-order valence-electron chi connectivity index (χ4n) is 3.75. The van der Waals surface area contributed by atoms with Crippen LogP contribution in [0, 0.1) is 5.92 Å². The summed E-state index contributed by atoms with van der Waals surface area (Å²) < 4.78 is 0. The molecule has 0 aromatic heterocycles. The standard InChI is InChI=1S/C19H16ClNO2/c20-13-4-1-3-11(9-13)18-15-6-2-5-14(15)16-10-12(19(22)23)7-8-17(16)21-18/h1-5,7-10,14-15,18,21H,6H2,(H,22,23)/p-1. The molecule has 2 aromatic carbocycles. The molecule has 0 amide bonds. The Labute approximate surface area is 139 Å². The highest BCUT2D eigenvalue weighted by Gasteiger charge is 2.37. The number of halogens is 1. The van der Waals surface area contributed by atoms with Gasteiger partial charge in [-0.2, -0.15) is 0 Å². The summed E-state index contributed by atoms with van der Waals surface area (Å²) >= 11 is 6.15. The van der Waals surface area contributed by atoms with Gasteiger partial charge >= 0.3 is 0 Å². The minimum atomic E-state index is -1.14. The van der Waals surface area contributed by atoms with E-state index in [2.05, 4.69) is 23.5 Å². The number of benzene rings is 2. The van der Waals surface area contributed by atoms with Gasteiger partial charge in [0.15, 0.2) is 0 Å². The number of hydrogen-bond acceptors (Lipinski definition) is 3. The minimum Gasteiger partial charge on any atom is -0.545 e. The summed E-state index contributed by atoms with van der Waals surface area (Å²) in [5, 5.41) is 15.4. The summed E-state index contributed by atoms with van der Waals surface area (Å²) in [7, 11) is 0. The summed E-state index contributed by atoms with van der Waals surface area (Å²) in [5.74, 6) is -0.559. The largest absolute Gasteiger partial charge is 0.545 e. The molecule has 0 radical (unpaired) electrons. The highest BCUT2D eigenvalue weighted by molar-refractivity contribution is 6.30. The van der Waals surface area contributed by atoms with Gasteiger partial charge in [0, 0.05) is 16.6 Å².